The van der Waals surface area contributed by atoms with Crippen LogP contribution < -0.4 is 0 Å². The smallest absolute Gasteiger partial charge is 0.243 e. The molecule has 1 saturated carbocycles. The van der Waals surface area contributed by atoms with Crippen molar-refractivity contribution in [3.8, 4) is 6.07 Å². The molecule has 0 saturated heterocycles. The molecular formula is C13H14N2O. The number of hydrogen-bond acceptors (Lipinski definition) is 2. The highest BCUT2D eigenvalue weighted by atomic mass is 16.2. The predicted molar refractivity (Wildman–Crippen MR) is 60.5 cm³/mol. The second-order valence-electron chi connectivity index (χ2n) is 4.45. The number of nitriles is 1. The van der Waals surface area contributed by atoms with E-state index in [1.807, 2.05) is 30.3 Å². The van der Waals surface area contributed by atoms with Crippen LogP contribution in [0.15, 0.2) is 30.3 Å². The summed E-state index contributed by atoms with van der Waals surface area (Å²) in [5, 5.41) is 9.21. The number of carbonyl (C=O) groups excluding carboxylic acids is 1. The molecule has 0 unspecified atom stereocenters. The van der Waals surface area contributed by atoms with E-state index in [0.29, 0.717) is 6.42 Å². The fourth-order valence-electron chi connectivity index (χ4n) is 2.16. The van der Waals surface area contributed by atoms with Crippen LogP contribution in [-0.4, -0.2) is 24.9 Å². The van der Waals surface area contributed by atoms with Crippen molar-refractivity contribution in [2.24, 2.45) is 5.41 Å². The van der Waals surface area contributed by atoms with E-state index in [4.69, 9.17) is 0 Å². The Morgan fingerprint density at radius 3 is 2.56 bits per heavy atom. The monoisotopic (exact) mass is 214 g/mol. The van der Waals surface area contributed by atoms with Gasteiger partial charge in [0.15, 0.2) is 0 Å². The van der Waals surface area contributed by atoms with Crippen molar-refractivity contribution in [2.45, 2.75) is 12.3 Å². The van der Waals surface area contributed by atoms with Crippen LogP contribution in [0.1, 0.15) is 17.9 Å². The molecule has 1 amide bonds. The summed E-state index contributed by atoms with van der Waals surface area (Å²) in [5.74, 6) is -0.0162. The summed E-state index contributed by atoms with van der Waals surface area (Å²) in [6.45, 7) is 0. The molecule has 1 fully saturated rings. The van der Waals surface area contributed by atoms with Gasteiger partial charge in [0.2, 0.25) is 5.91 Å². The fourth-order valence-corrected chi connectivity index (χ4v) is 2.16. The average Bonchev–Trinajstić information content (AvgIpc) is 3.05. The van der Waals surface area contributed by atoms with Gasteiger partial charge in [0, 0.05) is 20.0 Å². The Morgan fingerprint density at radius 2 is 2.06 bits per heavy atom. The van der Waals surface area contributed by atoms with E-state index in [1.165, 1.54) is 4.90 Å². The Kier molecular flexibility index (Phi) is 2.43. The first-order valence-electron chi connectivity index (χ1n) is 5.30. The van der Waals surface area contributed by atoms with Gasteiger partial charge in [-0.2, -0.15) is 5.26 Å². The maximum Gasteiger partial charge on any atom is 0.243 e. The molecule has 0 heterocycles. The summed E-state index contributed by atoms with van der Waals surface area (Å²) in [4.78, 5) is 13.5. The minimum absolute atomic E-state index is 0.0635. The number of benzene rings is 1. The molecule has 0 radical (unpaired) electrons. The lowest BCUT2D eigenvalue weighted by molar-refractivity contribution is -0.132. The Balaban J connectivity index is 2.26. The second kappa shape index (κ2) is 3.64. The van der Waals surface area contributed by atoms with Crippen molar-refractivity contribution in [3.63, 3.8) is 0 Å². The van der Waals surface area contributed by atoms with E-state index >= 15 is 0 Å². The molecule has 1 aliphatic rings. The summed E-state index contributed by atoms with van der Waals surface area (Å²) >= 11 is 0. The van der Waals surface area contributed by atoms with Crippen LogP contribution >= 0.6 is 0 Å². The van der Waals surface area contributed by atoms with Gasteiger partial charge in [-0.25, -0.2) is 0 Å². The van der Waals surface area contributed by atoms with Crippen molar-refractivity contribution >= 4 is 5.91 Å². The summed E-state index contributed by atoms with van der Waals surface area (Å²) in [7, 11) is 3.39. The number of hydrogen-bond donors (Lipinski definition) is 0. The molecule has 0 spiro atoms. The Morgan fingerprint density at radius 1 is 1.44 bits per heavy atom. The van der Waals surface area contributed by atoms with Crippen LogP contribution in [0.5, 0.6) is 0 Å². The Bertz CT molecular complexity index is 447. The van der Waals surface area contributed by atoms with Crippen molar-refractivity contribution in [2.75, 3.05) is 14.1 Å². The van der Waals surface area contributed by atoms with Crippen molar-refractivity contribution in [3.05, 3.63) is 35.9 Å². The van der Waals surface area contributed by atoms with Gasteiger partial charge in [0.1, 0.15) is 5.41 Å². The fraction of sp³-hybridized carbons (Fsp3) is 0.385. The van der Waals surface area contributed by atoms with Crippen LogP contribution in [0, 0.1) is 16.7 Å². The normalized spacial score (nSPS) is 26.9. The van der Waals surface area contributed by atoms with Gasteiger partial charge >= 0.3 is 0 Å². The third kappa shape index (κ3) is 1.47. The van der Waals surface area contributed by atoms with Crippen molar-refractivity contribution in [1.29, 1.82) is 5.26 Å². The topological polar surface area (TPSA) is 44.1 Å². The third-order valence-electron chi connectivity index (χ3n) is 3.15. The molecule has 82 valence electrons. The van der Waals surface area contributed by atoms with Crippen LogP contribution in [-0.2, 0) is 4.79 Å². The van der Waals surface area contributed by atoms with Crippen LogP contribution in [0.25, 0.3) is 0 Å². The van der Waals surface area contributed by atoms with Gasteiger partial charge in [-0.05, 0) is 12.0 Å². The van der Waals surface area contributed by atoms with E-state index in [2.05, 4.69) is 6.07 Å². The first kappa shape index (κ1) is 10.7. The van der Waals surface area contributed by atoms with Crippen LogP contribution in [0.4, 0.5) is 0 Å². The maximum absolute atomic E-state index is 11.9. The van der Waals surface area contributed by atoms with Gasteiger partial charge in [-0.1, -0.05) is 30.3 Å². The number of rotatable bonds is 2. The molecule has 1 aromatic carbocycles. The minimum Gasteiger partial charge on any atom is -0.347 e. The predicted octanol–water partition coefficient (Wildman–Crippen LogP) is 1.77. The first-order valence-corrected chi connectivity index (χ1v) is 5.30. The maximum atomic E-state index is 11.9. The lowest BCUT2D eigenvalue weighted by Crippen LogP contribution is -2.31. The molecule has 0 aromatic heterocycles. The van der Waals surface area contributed by atoms with E-state index < -0.39 is 5.41 Å². The molecule has 0 bridgehead atoms. The van der Waals surface area contributed by atoms with Gasteiger partial charge in [-0.3, -0.25) is 4.79 Å². The van der Waals surface area contributed by atoms with Gasteiger partial charge in [-0.15, -0.1) is 0 Å². The number of carbonyl (C=O) groups is 1. The Labute approximate surface area is 95.3 Å². The summed E-state index contributed by atoms with van der Waals surface area (Å²) in [6.07, 6.45) is 0.643. The average molecular weight is 214 g/mol. The molecule has 3 heteroatoms. The third-order valence-corrected chi connectivity index (χ3v) is 3.15. The molecule has 2 rings (SSSR count). The highest BCUT2D eigenvalue weighted by Gasteiger charge is 2.62. The highest BCUT2D eigenvalue weighted by Crippen LogP contribution is 2.59. The molecule has 1 aliphatic carbocycles. The Hall–Kier alpha value is -1.82. The first-order chi connectivity index (χ1) is 7.62. The van der Waals surface area contributed by atoms with Crippen LogP contribution in [0.3, 0.4) is 0 Å². The zero-order chi connectivity index (χ0) is 11.8. The SMILES string of the molecule is CN(C)C(=O)[C@@]1(C#N)C[C@@H]1c1ccccc1. The van der Waals surface area contributed by atoms with E-state index in [9.17, 15) is 10.1 Å². The summed E-state index contributed by atoms with van der Waals surface area (Å²) < 4.78 is 0. The molecule has 0 N–H and O–H groups in total. The zero-order valence-corrected chi connectivity index (χ0v) is 9.47. The van der Waals surface area contributed by atoms with Crippen molar-refractivity contribution in [1.82, 2.24) is 4.90 Å². The highest BCUT2D eigenvalue weighted by molar-refractivity contribution is 5.90. The number of nitrogens with zero attached hydrogens (tertiary/aromatic N) is 2. The minimum atomic E-state index is -0.815. The second-order valence-corrected chi connectivity index (χ2v) is 4.45. The van der Waals surface area contributed by atoms with Gasteiger partial charge in [0.25, 0.3) is 0 Å². The quantitative estimate of drug-likeness (QED) is 0.753. The largest absolute Gasteiger partial charge is 0.347 e. The summed E-state index contributed by atoms with van der Waals surface area (Å²) in [6, 6.07) is 12.0. The molecule has 3 nitrogen and oxygen atoms in total. The molecule has 16 heavy (non-hydrogen) atoms. The summed E-state index contributed by atoms with van der Waals surface area (Å²) in [5.41, 5.74) is 0.268. The molecule has 0 aliphatic heterocycles. The van der Waals surface area contributed by atoms with E-state index in [0.717, 1.165) is 5.56 Å². The van der Waals surface area contributed by atoms with Crippen LogP contribution in [0.2, 0.25) is 0 Å². The lowest BCUT2D eigenvalue weighted by Gasteiger charge is -2.15. The van der Waals surface area contributed by atoms with Gasteiger partial charge in [0.05, 0.1) is 6.07 Å². The van der Waals surface area contributed by atoms with E-state index in [1.54, 1.807) is 14.1 Å². The van der Waals surface area contributed by atoms with Crippen molar-refractivity contribution < 1.29 is 4.79 Å². The van der Waals surface area contributed by atoms with Gasteiger partial charge < -0.3 is 4.90 Å². The lowest BCUT2D eigenvalue weighted by atomic mass is 9.99. The molecule has 2 atom stereocenters. The zero-order valence-electron chi connectivity index (χ0n) is 9.47. The molecular weight excluding hydrogens is 200 g/mol. The van der Waals surface area contributed by atoms with E-state index in [-0.39, 0.29) is 11.8 Å². The molecule has 1 aromatic rings. The number of amides is 1. The standard InChI is InChI=1S/C13H14N2O/c1-15(2)12(16)13(9-14)8-11(13)10-6-4-3-5-7-10/h3-7,11H,8H2,1-2H3/t11-,13-/m1/s1.